The first-order valence-corrected chi connectivity index (χ1v) is 11.5. The van der Waals surface area contributed by atoms with Gasteiger partial charge in [-0.25, -0.2) is 4.98 Å². The molecule has 1 fully saturated rings. The molecule has 4 heterocycles. The summed E-state index contributed by atoms with van der Waals surface area (Å²) in [5.74, 6) is 1.60. The molecule has 0 unspecified atom stereocenters. The van der Waals surface area contributed by atoms with Crippen LogP contribution in [0.15, 0.2) is 45.7 Å². The lowest BCUT2D eigenvalue weighted by Crippen LogP contribution is -2.46. The van der Waals surface area contributed by atoms with Crippen molar-refractivity contribution in [3.63, 3.8) is 0 Å². The fourth-order valence-electron chi connectivity index (χ4n) is 4.42. The summed E-state index contributed by atoms with van der Waals surface area (Å²) in [7, 11) is -1.65. The molecule has 0 saturated carbocycles. The molecule has 0 N–H and O–H groups in total. The van der Waals surface area contributed by atoms with E-state index in [1.165, 1.54) is 0 Å². The highest BCUT2D eigenvalue weighted by Crippen LogP contribution is 2.30. The van der Waals surface area contributed by atoms with E-state index >= 15 is 0 Å². The van der Waals surface area contributed by atoms with Crippen molar-refractivity contribution in [2.24, 2.45) is 4.40 Å². The van der Waals surface area contributed by atoms with Gasteiger partial charge in [0.2, 0.25) is 0 Å². The molecule has 156 valence electrons. The van der Waals surface area contributed by atoms with Gasteiger partial charge in [-0.2, -0.15) is 18.0 Å². The van der Waals surface area contributed by atoms with Crippen molar-refractivity contribution < 1.29 is 8.42 Å². The van der Waals surface area contributed by atoms with Gasteiger partial charge in [0.05, 0.1) is 5.69 Å². The predicted octanol–water partition coefficient (Wildman–Crippen LogP) is 2.40. The van der Waals surface area contributed by atoms with Gasteiger partial charge in [0.1, 0.15) is 10.7 Å². The monoisotopic (exact) mass is 424 g/mol. The summed E-state index contributed by atoms with van der Waals surface area (Å²) in [6.07, 6.45) is 1.81. The van der Waals surface area contributed by atoms with E-state index in [1.54, 1.807) is 12.1 Å². The Morgan fingerprint density at radius 3 is 2.57 bits per heavy atom. The molecule has 0 spiro atoms. The number of fused-ring (bicyclic) bond motifs is 2. The first kappa shape index (κ1) is 19.0. The van der Waals surface area contributed by atoms with Gasteiger partial charge < -0.3 is 9.80 Å². The molecule has 2 aliphatic heterocycles. The maximum atomic E-state index is 12.4. The molecule has 0 bridgehead atoms. The number of rotatable bonds is 2. The number of hydrogen-bond acceptors (Lipinski definition) is 6. The summed E-state index contributed by atoms with van der Waals surface area (Å²) in [4.78, 5) is 9.24. The summed E-state index contributed by atoms with van der Waals surface area (Å²) in [5, 5.41) is 4.60. The van der Waals surface area contributed by atoms with Crippen LogP contribution in [0.2, 0.25) is 0 Å². The maximum Gasteiger partial charge on any atom is 0.285 e. The number of aryl methyl sites for hydroxylation is 2. The van der Waals surface area contributed by atoms with E-state index < -0.39 is 10.0 Å². The molecule has 1 saturated heterocycles. The number of piperidine rings is 1. The van der Waals surface area contributed by atoms with Gasteiger partial charge >= 0.3 is 0 Å². The molecule has 0 radical (unpaired) electrons. The summed E-state index contributed by atoms with van der Waals surface area (Å²) in [5.41, 5.74) is 3.48. The number of benzene rings is 1. The topological polar surface area (TPSA) is 83.2 Å². The number of hydrogen-bond donors (Lipinski definition) is 0. The van der Waals surface area contributed by atoms with Crippen LogP contribution in [0.5, 0.6) is 0 Å². The van der Waals surface area contributed by atoms with Crippen LogP contribution in [-0.2, 0) is 10.0 Å². The minimum Gasteiger partial charge on any atom is -0.356 e. The van der Waals surface area contributed by atoms with Crippen molar-refractivity contribution in [2.75, 3.05) is 25.0 Å². The van der Waals surface area contributed by atoms with Crippen LogP contribution in [-0.4, -0.2) is 59.9 Å². The van der Waals surface area contributed by atoms with Crippen molar-refractivity contribution in [1.29, 1.82) is 0 Å². The summed E-state index contributed by atoms with van der Waals surface area (Å²) >= 11 is 0. The number of sulfonamides is 1. The first-order valence-electron chi connectivity index (χ1n) is 10.1. The number of anilines is 1. The predicted molar refractivity (Wildman–Crippen MR) is 116 cm³/mol. The second-order valence-corrected chi connectivity index (χ2v) is 9.60. The Balaban J connectivity index is 1.37. The van der Waals surface area contributed by atoms with E-state index in [1.807, 2.05) is 48.5 Å². The molecule has 3 aromatic rings. The molecule has 8 nitrogen and oxygen atoms in total. The molecular weight excluding hydrogens is 400 g/mol. The van der Waals surface area contributed by atoms with E-state index in [9.17, 15) is 8.42 Å². The summed E-state index contributed by atoms with van der Waals surface area (Å²) < 4.78 is 30.8. The maximum absolute atomic E-state index is 12.4. The second kappa shape index (κ2) is 6.80. The van der Waals surface area contributed by atoms with Crippen LogP contribution in [0.3, 0.4) is 0 Å². The third-order valence-electron chi connectivity index (χ3n) is 5.94. The zero-order chi connectivity index (χ0) is 21.0. The highest BCUT2D eigenvalue weighted by Gasteiger charge is 2.34. The van der Waals surface area contributed by atoms with Gasteiger partial charge in [0.25, 0.3) is 10.0 Å². The van der Waals surface area contributed by atoms with Gasteiger partial charge in [0.15, 0.2) is 11.5 Å². The van der Waals surface area contributed by atoms with Crippen LogP contribution < -0.4 is 4.90 Å². The standard InChI is InChI=1S/C21H24N6O2S/c1-14-13-20(27-19(22-14)12-15(2)23-27)26-10-8-16(9-11-26)25(3)21-17-6-4-5-7-18(17)30(28,29)24-21/h4-7,12-13,16H,8-11H2,1-3H3. The van der Waals surface area contributed by atoms with E-state index in [-0.39, 0.29) is 6.04 Å². The Bertz CT molecular complexity index is 1270. The van der Waals surface area contributed by atoms with Crippen LogP contribution in [0, 0.1) is 13.8 Å². The van der Waals surface area contributed by atoms with E-state index in [4.69, 9.17) is 0 Å². The van der Waals surface area contributed by atoms with Crippen LogP contribution in [0.1, 0.15) is 29.8 Å². The molecule has 2 aromatic heterocycles. The fourth-order valence-corrected chi connectivity index (χ4v) is 5.66. The lowest BCUT2D eigenvalue weighted by molar-refractivity contribution is 0.305. The van der Waals surface area contributed by atoms with Crippen molar-refractivity contribution in [2.45, 2.75) is 37.6 Å². The third-order valence-corrected chi connectivity index (χ3v) is 7.27. The Kier molecular flexibility index (Phi) is 4.32. The van der Waals surface area contributed by atoms with Crippen molar-refractivity contribution in [3.05, 3.63) is 53.3 Å². The zero-order valence-electron chi connectivity index (χ0n) is 17.3. The molecule has 1 aromatic carbocycles. The van der Waals surface area contributed by atoms with Crippen molar-refractivity contribution in [3.8, 4) is 0 Å². The molecule has 30 heavy (non-hydrogen) atoms. The van der Waals surface area contributed by atoms with Gasteiger partial charge in [-0.15, -0.1) is 4.40 Å². The molecule has 9 heteroatoms. The zero-order valence-corrected chi connectivity index (χ0v) is 18.1. The normalized spacial score (nSPS) is 18.5. The largest absolute Gasteiger partial charge is 0.356 e. The van der Waals surface area contributed by atoms with Crippen molar-refractivity contribution >= 4 is 27.3 Å². The van der Waals surface area contributed by atoms with Gasteiger partial charge in [-0.05, 0) is 38.8 Å². The van der Waals surface area contributed by atoms with Crippen molar-refractivity contribution in [1.82, 2.24) is 19.5 Å². The lowest BCUT2D eigenvalue weighted by Gasteiger charge is -2.38. The van der Waals surface area contributed by atoms with Gasteiger partial charge in [-0.1, -0.05) is 12.1 Å². The van der Waals surface area contributed by atoms with Crippen LogP contribution in [0.25, 0.3) is 5.65 Å². The lowest BCUT2D eigenvalue weighted by atomic mass is 10.0. The first-order chi connectivity index (χ1) is 14.3. The number of aromatic nitrogens is 3. The molecule has 0 atom stereocenters. The Labute approximate surface area is 175 Å². The molecule has 0 amide bonds. The summed E-state index contributed by atoms with van der Waals surface area (Å²) in [6.45, 7) is 5.69. The second-order valence-electron chi connectivity index (χ2n) is 8.03. The molecule has 2 aliphatic rings. The van der Waals surface area contributed by atoms with E-state index in [0.29, 0.717) is 16.3 Å². The fraction of sp³-hybridized carbons (Fsp3) is 0.381. The Morgan fingerprint density at radius 1 is 1.07 bits per heavy atom. The van der Waals surface area contributed by atoms with Gasteiger partial charge in [-0.3, -0.25) is 0 Å². The highest BCUT2D eigenvalue weighted by atomic mass is 32.2. The van der Waals surface area contributed by atoms with Crippen LogP contribution in [0.4, 0.5) is 5.82 Å². The molecular formula is C21H24N6O2S. The SMILES string of the molecule is Cc1cc(N2CCC(N(C)C3=NS(=O)(=O)c4ccccc43)CC2)n2nc(C)cc2n1. The molecule has 5 rings (SSSR count). The highest BCUT2D eigenvalue weighted by molar-refractivity contribution is 7.90. The van der Waals surface area contributed by atoms with Gasteiger partial charge in [0, 0.05) is 49.6 Å². The smallest absolute Gasteiger partial charge is 0.285 e. The number of amidine groups is 1. The van der Waals surface area contributed by atoms with E-state index in [2.05, 4.69) is 25.4 Å². The number of nitrogens with zero attached hydrogens (tertiary/aromatic N) is 6. The minimum atomic E-state index is -3.60. The van der Waals surface area contributed by atoms with E-state index in [0.717, 1.165) is 48.8 Å². The quantitative estimate of drug-likeness (QED) is 0.628. The Morgan fingerprint density at radius 2 is 1.80 bits per heavy atom. The average molecular weight is 425 g/mol. The third kappa shape index (κ3) is 3.04. The van der Waals surface area contributed by atoms with Crippen LogP contribution >= 0.6 is 0 Å². The molecule has 0 aliphatic carbocycles. The minimum absolute atomic E-state index is 0.221. The Hall–Kier alpha value is -2.94. The summed E-state index contributed by atoms with van der Waals surface area (Å²) in [6, 6.07) is 11.3. The average Bonchev–Trinajstić information content (AvgIpc) is 3.23.